The Morgan fingerprint density at radius 2 is 1.77 bits per heavy atom. The van der Waals surface area contributed by atoms with E-state index in [9.17, 15) is 18.8 Å². The fourth-order valence-corrected chi connectivity index (χ4v) is 2.20. The molecule has 0 fully saturated rings. The smallest absolute Gasteiger partial charge is 0.306 e. The van der Waals surface area contributed by atoms with E-state index in [1.54, 1.807) is 24.3 Å². The molecule has 0 aliphatic carbocycles. The van der Waals surface area contributed by atoms with E-state index < -0.39 is 24.3 Å². The summed E-state index contributed by atoms with van der Waals surface area (Å²) in [6, 6.07) is 9.99. The summed E-state index contributed by atoms with van der Waals surface area (Å²) in [6.45, 7) is -0.596. The lowest BCUT2D eigenvalue weighted by atomic mass is 10.1. The summed E-state index contributed by atoms with van der Waals surface area (Å²) >= 11 is 5.72. The lowest BCUT2D eigenvalue weighted by Crippen LogP contribution is -2.21. The zero-order chi connectivity index (χ0) is 19.1. The Morgan fingerprint density at radius 1 is 1.08 bits per heavy atom. The predicted octanol–water partition coefficient (Wildman–Crippen LogP) is 3.21. The standard InChI is InChI=1S/C18H16ClFN2O4/c19-12-3-6-14(20)15(9-12)22-17(24)10-26-18(25)8-7-16(23)11-1-4-13(21)5-2-11/h1-6,9H,7-8,10,21H2,(H,22,24). The van der Waals surface area contributed by atoms with Gasteiger partial charge in [0.1, 0.15) is 5.82 Å². The highest BCUT2D eigenvalue weighted by molar-refractivity contribution is 6.30. The van der Waals surface area contributed by atoms with Crippen LogP contribution in [0.25, 0.3) is 0 Å². The Morgan fingerprint density at radius 3 is 2.46 bits per heavy atom. The van der Waals surface area contributed by atoms with E-state index in [0.29, 0.717) is 11.3 Å². The van der Waals surface area contributed by atoms with E-state index >= 15 is 0 Å². The van der Waals surface area contributed by atoms with Gasteiger partial charge in [-0.25, -0.2) is 4.39 Å². The van der Waals surface area contributed by atoms with Crippen molar-refractivity contribution in [3.05, 3.63) is 58.9 Å². The summed E-state index contributed by atoms with van der Waals surface area (Å²) in [5, 5.41) is 2.50. The minimum atomic E-state index is -0.718. The van der Waals surface area contributed by atoms with Crippen molar-refractivity contribution < 1.29 is 23.5 Å². The second kappa shape index (κ2) is 8.96. The number of esters is 1. The van der Waals surface area contributed by atoms with Crippen LogP contribution in [0.2, 0.25) is 5.02 Å². The first-order chi connectivity index (χ1) is 12.3. The van der Waals surface area contributed by atoms with Gasteiger partial charge in [0.2, 0.25) is 0 Å². The number of nitrogen functional groups attached to an aromatic ring is 1. The zero-order valence-electron chi connectivity index (χ0n) is 13.6. The highest BCUT2D eigenvalue weighted by Crippen LogP contribution is 2.19. The first-order valence-corrected chi connectivity index (χ1v) is 8.02. The molecule has 2 aromatic rings. The normalized spacial score (nSPS) is 10.2. The lowest BCUT2D eigenvalue weighted by molar-refractivity contribution is -0.147. The third kappa shape index (κ3) is 5.86. The van der Waals surface area contributed by atoms with E-state index in [0.717, 1.165) is 6.07 Å². The molecule has 26 heavy (non-hydrogen) atoms. The second-order valence-corrected chi connectivity index (χ2v) is 5.81. The molecule has 0 heterocycles. The molecule has 136 valence electrons. The number of ketones is 1. The number of carbonyl (C=O) groups is 3. The summed E-state index contributed by atoms with van der Waals surface area (Å²) in [5.74, 6) is -2.34. The average molecular weight is 379 g/mol. The SMILES string of the molecule is Nc1ccc(C(=O)CCC(=O)OCC(=O)Nc2cc(Cl)ccc2F)cc1. The maximum absolute atomic E-state index is 13.5. The van der Waals surface area contributed by atoms with Crippen molar-refractivity contribution >= 4 is 40.6 Å². The van der Waals surface area contributed by atoms with Gasteiger partial charge in [0, 0.05) is 22.7 Å². The van der Waals surface area contributed by atoms with Gasteiger partial charge >= 0.3 is 5.97 Å². The Balaban J connectivity index is 1.75. The number of nitrogens with one attached hydrogen (secondary N) is 1. The molecule has 0 aliphatic rings. The number of nitrogens with two attached hydrogens (primary N) is 1. The maximum atomic E-state index is 13.5. The van der Waals surface area contributed by atoms with Gasteiger partial charge in [0.05, 0.1) is 12.1 Å². The van der Waals surface area contributed by atoms with E-state index in [-0.39, 0.29) is 29.3 Å². The van der Waals surface area contributed by atoms with E-state index in [4.69, 9.17) is 22.1 Å². The summed E-state index contributed by atoms with van der Waals surface area (Å²) in [7, 11) is 0. The van der Waals surface area contributed by atoms with Crippen LogP contribution in [0.4, 0.5) is 15.8 Å². The monoisotopic (exact) mass is 378 g/mol. The Hall–Kier alpha value is -2.93. The van der Waals surface area contributed by atoms with E-state index in [1.165, 1.54) is 12.1 Å². The van der Waals surface area contributed by atoms with Gasteiger partial charge < -0.3 is 15.8 Å². The molecular formula is C18H16ClFN2O4. The van der Waals surface area contributed by atoms with Crippen molar-refractivity contribution in [3.63, 3.8) is 0 Å². The highest BCUT2D eigenvalue weighted by atomic mass is 35.5. The molecule has 0 bridgehead atoms. The molecule has 6 nitrogen and oxygen atoms in total. The minimum Gasteiger partial charge on any atom is -0.456 e. The number of amides is 1. The first kappa shape index (κ1) is 19.4. The van der Waals surface area contributed by atoms with Gasteiger partial charge in [0.15, 0.2) is 12.4 Å². The van der Waals surface area contributed by atoms with Gasteiger partial charge in [-0.05, 0) is 42.5 Å². The van der Waals surface area contributed by atoms with Gasteiger partial charge in [-0.3, -0.25) is 14.4 Å². The van der Waals surface area contributed by atoms with Crippen molar-refractivity contribution in [2.45, 2.75) is 12.8 Å². The molecule has 0 spiro atoms. The molecule has 1 amide bonds. The van der Waals surface area contributed by atoms with Crippen molar-refractivity contribution in [2.75, 3.05) is 17.7 Å². The van der Waals surface area contributed by atoms with E-state index in [1.807, 2.05) is 0 Å². The van der Waals surface area contributed by atoms with Gasteiger partial charge in [0.25, 0.3) is 5.91 Å². The second-order valence-electron chi connectivity index (χ2n) is 5.38. The fourth-order valence-electron chi connectivity index (χ4n) is 2.03. The molecular weight excluding hydrogens is 363 g/mol. The number of hydrogen-bond acceptors (Lipinski definition) is 5. The van der Waals surface area contributed by atoms with Crippen LogP contribution in [0.15, 0.2) is 42.5 Å². The third-order valence-corrected chi connectivity index (χ3v) is 3.59. The van der Waals surface area contributed by atoms with Crippen molar-refractivity contribution in [1.29, 1.82) is 0 Å². The maximum Gasteiger partial charge on any atom is 0.306 e. The molecule has 0 unspecified atom stereocenters. The van der Waals surface area contributed by atoms with Gasteiger partial charge in [-0.2, -0.15) is 0 Å². The molecule has 0 radical (unpaired) electrons. The highest BCUT2D eigenvalue weighted by Gasteiger charge is 2.13. The molecule has 8 heteroatoms. The van der Waals surface area contributed by atoms with Crippen LogP contribution in [-0.4, -0.2) is 24.3 Å². The molecule has 2 rings (SSSR count). The molecule has 0 aliphatic heterocycles. The number of carbonyl (C=O) groups excluding carboxylic acids is 3. The van der Waals surface area contributed by atoms with Gasteiger partial charge in [-0.1, -0.05) is 11.6 Å². The third-order valence-electron chi connectivity index (χ3n) is 3.36. The number of hydrogen-bond donors (Lipinski definition) is 2. The largest absolute Gasteiger partial charge is 0.456 e. The molecule has 2 aromatic carbocycles. The number of anilines is 2. The van der Waals surface area contributed by atoms with Crippen LogP contribution >= 0.6 is 11.6 Å². The number of halogens is 2. The van der Waals surface area contributed by atoms with Crippen LogP contribution < -0.4 is 11.1 Å². The fraction of sp³-hybridized carbons (Fsp3) is 0.167. The zero-order valence-corrected chi connectivity index (χ0v) is 14.4. The Labute approximate surface area is 154 Å². The lowest BCUT2D eigenvalue weighted by Gasteiger charge is -2.08. The minimum absolute atomic E-state index is 0.0622. The van der Waals surface area contributed by atoms with Crippen LogP contribution in [0.3, 0.4) is 0 Å². The summed E-state index contributed by atoms with van der Waals surface area (Å²) in [5.41, 5.74) is 6.38. The van der Waals surface area contributed by atoms with Crippen molar-refractivity contribution in [3.8, 4) is 0 Å². The van der Waals surface area contributed by atoms with Gasteiger partial charge in [-0.15, -0.1) is 0 Å². The predicted molar refractivity (Wildman–Crippen MR) is 95.4 cm³/mol. The van der Waals surface area contributed by atoms with Crippen LogP contribution in [0.1, 0.15) is 23.2 Å². The molecule has 0 saturated heterocycles. The molecule has 3 N–H and O–H groups in total. The molecule has 0 atom stereocenters. The van der Waals surface area contributed by atoms with Crippen LogP contribution in [0, 0.1) is 5.82 Å². The summed E-state index contributed by atoms with van der Waals surface area (Å²) in [6.07, 6.45) is -0.241. The number of rotatable bonds is 7. The van der Waals surface area contributed by atoms with E-state index in [2.05, 4.69) is 5.32 Å². The Kier molecular flexibility index (Phi) is 6.68. The quantitative estimate of drug-likeness (QED) is 0.438. The number of Topliss-reactive ketones (excluding diaryl/α,β-unsaturated/α-hetero) is 1. The Bertz CT molecular complexity index is 824. The van der Waals surface area contributed by atoms with Crippen LogP contribution in [-0.2, 0) is 14.3 Å². The summed E-state index contributed by atoms with van der Waals surface area (Å²) < 4.78 is 18.3. The topological polar surface area (TPSA) is 98.5 Å². The number of ether oxygens (including phenoxy) is 1. The van der Waals surface area contributed by atoms with Crippen LogP contribution in [0.5, 0.6) is 0 Å². The first-order valence-electron chi connectivity index (χ1n) is 7.64. The van der Waals surface area contributed by atoms with Crippen molar-refractivity contribution in [2.24, 2.45) is 0 Å². The molecule has 0 saturated carbocycles. The number of benzene rings is 2. The summed E-state index contributed by atoms with van der Waals surface area (Å²) in [4.78, 5) is 35.3. The van der Waals surface area contributed by atoms with Crippen molar-refractivity contribution in [1.82, 2.24) is 0 Å². The average Bonchev–Trinajstić information content (AvgIpc) is 2.61. The molecule has 0 aromatic heterocycles.